The first-order chi connectivity index (χ1) is 7.86. The van der Waals surface area contributed by atoms with E-state index in [9.17, 15) is 0 Å². The van der Waals surface area contributed by atoms with Gasteiger partial charge in [-0.2, -0.15) is 0 Å². The molecule has 0 aliphatic carbocycles. The molecule has 0 spiro atoms. The van der Waals surface area contributed by atoms with Crippen LogP contribution in [0.2, 0.25) is 0 Å². The third-order valence-corrected chi connectivity index (χ3v) is 2.86. The van der Waals surface area contributed by atoms with Crippen molar-refractivity contribution in [2.24, 2.45) is 0 Å². The van der Waals surface area contributed by atoms with Crippen molar-refractivity contribution < 1.29 is 4.43 Å². The maximum Gasteiger partial charge on any atom is 0.246 e. The van der Waals surface area contributed by atoms with Crippen molar-refractivity contribution in [1.82, 2.24) is 0 Å². The summed E-state index contributed by atoms with van der Waals surface area (Å²) < 4.78 is 5.09. The number of allylic oxidation sites excluding steroid dienone is 1. The molecule has 2 aromatic carbocycles. The van der Waals surface area contributed by atoms with E-state index in [-0.39, 0.29) is 0 Å². The lowest BCUT2D eigenvalue weighted by Crippen LogP contribution is -1.97. The molecule has 79 valence electrons. The van der Waals surface area contributed by atoms with Crippen LogP contribution in [0.1, 0.15) is 11.1 Å². The fourth-order valence-electron chi connectivity index (χ4n) is 1.97. The zero-order chi connectivity index (χ0) is 11.4. The SMILES string of the molecule is C=CCc1ccc2ccccc2c1CO[Si]. The van der Waals surface area contributed by atoms with Gasteiger partial charge in [-0.3, -0.25) is 0 Å². The van der Waals surface area contributed by atoms with Crippen LogP contribution in [0.3, 0.4) is 0 Å². The van der Waals surface area contributed by atoms with Gasteiger partial charge >= 0.3 is 0 Å². The van der Waals surface area contributed by atoms with Gasteiger partial charge in [0.1, 0.15) is 0 Å². The second-order valence-corrected chi connectivity index (χ2v) is 3.99. The molecule has 1 nitrogen and oxygen atoms in total. The maximum absolute atomic E-state index is 5.09. The number of rotatable bonds is 4. The lowest BCUT2D eigenvalue weighted by molar-refractivity contribution is 0.339. The van der Waals surface area contributed by atoms with Crippen molar-refractivity contribution in [1.29, 1.82) is 0 Å². The van der Waals surface area contributed by atoms with E-state index in [0.29, 0.717) is 6.61 Å². The van der Waals surface area contributed by atoms with Gasteiger partial charge in [0.2, 0.25) is 10.5 Å². The smallest absolute Gasteiger partial charge is 0.246 e. The molecule has 0 N–H and O–H groups in total. The highest BCUT2D eigenvalue weighted by Crippen LogP contribution is 2.23. The molecule has 2 aromatic rings. The summed E-state index contributed by atoms with van der Waals surface area (Å²) in [5, 5.41) is 2.49. The Kier molecular flexibility index (Phi) is 3.54. The minimum absolute atomic E-state index is 0.571. The van der Waals surface area contributed by atoms with E-state index in [1.54, 1.807) is 0 Å². The Morgan fingerprint density at radius 2 is 2.00 bits per heavy atom. The largest absolute Gasteiger partial charge is 0.414 e. The Morgan fingerprint density at radius 1 is 1.19 bits per heavy atom. The van der Waals surface area contributed by atoms with Gasteiger partial charge in [0, 0.05) is 0 Å². The van der Waals surface area contributed by atoms with E-state index in [4.69, 9.17) is 4.43 Å². The van der Waals surface area contributed by atoms with Crippen LogP contribution in [0.4, 0.5) is 0 Å². The van der Waals surface area contributed by atoms with Gasteiger partial charge in [-0.1, -0.05) is 42.5 Å². The highest BCUT2D eigenvalue weighted by molar-refractivity contribution is 5.98. The first-order valence-electron chi connectivity index (χ1n) is 5.25. The molecule has 0 aromatic heterocycles. The lowest BCUT2D eigenvalue weighted by Gasteiger charge is -2.11. The topological polar surface area (TPSA) is 9.23 Å². The van der Waals surface area contributed by atoms with Gasteiger partial charge in [0.25, 0.3) is 0 Å². The van der Waals surface area contributed by atoms with Gasteiger partial charge in [-0.15, -0.1) is 6.58 Å². The maximum atomic E-state index is 5.09. The van der Waals surface area contributed by atoms with Crippen LogP contribution in [0.15, 0.2) is 49.1 Å². The van der Waals surface area contributed by atoms with E-state index >= 15 is 0 Å². The Balaban J connectivity index is 2.63. The highest BCUT2D eigenvalue weighted by Gasteiger charge is 2.05. The van der Waals surface area contributed by atoms with E-state index in [0.717, 1.165) is 6.42 Å². The molecule has 2 heteroatoms. The predicted octanol–water partition coefficient (Wildman–Crippen LogP) is 3.17. The molecule has 0 aliphatic heterocycles. The van der Waals surface area contributed by atoms with Crippen LogP contribution in [-0.2, 0) is 17.5 Å². The minimum Gasteiger partial charge on any atom is -0.414 e. The summed E-state index contributed by atoms with van der Waals surface area (Å²) in [4.78, 5) is 0. The van der Waals surface area contributed by atoms with Crippen molar-refractivity contribution in [2.75, 3.05) is 0 Å². The quantitative estimate of drug-likeness (QED) is 0.573. The molecular formula is C14H13OSi. The van der Waals surface area contributed by atoms with Crippen LogP contribution in [0.25, 0.3) is 10.8 Å². The van der Waals surface area contributed by atoms with E-state index in [1.807, 2.05) is 12.1 Å². The monoisotopic (exact) mass is 225 g/mol. The second kappa shape index (κ2) is 5.10. The van der Waals surface area contributed by atoms with Crippen molar-refractivity contribution in [3.63, 3.8) is 0 Å². The van der Waals surface area contributed by atoms with Crippen LogP contribution in [-0.4, -0.2) is 10.5 Å². The third kappa shape index (κ3) is 2.08. The zero-order valence-corrected chi connectivity index (χ0v) is 10.1. The third-order valence-electron chi connectivity index (χ3n) is 2.72. The average molecular weight is 225 g/mol. The molecule has 0 saturated heterocycles. The van der Waals surface area contributed by atoms with Gasteiger partial charge in [-0.25, -0.2) is 0 Å². The number of benzene rings is 2. The summed E-state index contributed by atoms with van der Waals surface area (Å²) in [5.41, 5.74) is 2.50. The lowest BCUT2D eigenvalue weighted by atomic mass is 9.97. The van der Waals surface area contributed by atoms with Gasteiger partial charge < -0.3 is 4.43 Å². The van der Waals surface area contributed by atoms with Crippen LogP contribution < -0.4 is 0 Å². The molecule has 0 aliphatic rings. The molecule has 0 fully saturated rings. The van der Waals surface area contributed by atoms with E-state index in [1.165, 1.54) is 21.9 Å². The molecule has 3 radical (unpaired) electrons. The second-order valence-electron chi connectivity index (χ2n) is 3.71. The summed E-state index contributed by atoms with van der Waals surface area (Å²) in [7, 11) is 3.08. The fraction of sp³-hybridized carbons (Fsp3) is 0.143. The summed E-state index contributed by atoms with van der Waals surface area (Å²) >= 11 is 0. The Labute approximate surface area is 99.3 Å². The molecule has 0 atom stereocenters. The van der Waals surface area contributed by atoms with Gasteiger partial charge in [-0.05, 0) is 28.3 Å². The molecular weight excluding hydrogens is 212 g/mol. The normalized spacial score (nSPS) is 10.6. The zero-order valence-electron chi connectivity index (χ0n) is 9.07. The molecule has 2 rings (SSSR count). The van der Waals surface area contributed by atoms with Crippen molar-refractivity contribution >= 4 is 21.3 Å². The van der Waals surface area contributed by atoms with E-state index in [2.05, 4.69) is 47.4 Å². The number of fused-ring (bicyclic) bond motifs is 1. The van der Waals surface area contributed by atoms with Crippen LogP contribution in [0, 0.1) is 0 Å². The fourth-order valence-corrected chi connectivity index (χ4v) is 2.11. The van der Waals surface area contributed by atoms with Crippen LogP contribution >= 0.6 is 0 Å². The van der Waals surface area contributed by atoms with Crippen molar-refractivity contribution in [3.05, 3.63) is 60.2 Å². The van der Waals surface area contributed by atoms with Gasteiger partial charge in [0.15, 0.2) is 0 Å². The molecule has 0 amide bonds. The van der Waals surface area contributed by atoms with Gasteiger partial charge in [0.05, 0.1) is 6.61 Å². The molecule has 0 saturated carbocycles. The Morgan fingerprint density at radius 3 is 2.75 bits per heavy atom. The molecule has 0 bridgehead atoms. The first-order valence-corrected chi connectivity index (χ1v) is 5.66. The minimum atomic E-state index is 0.571. The van der Waals surface area contributed by atoms with Crippen molar-refractivity contribution in [3.8, 4) is 0 Å². The number of hydrogen-bond acceptors (Lipinski definition) is 1. The Hall–Kier alpha value is -1.38. The first kappa shape index (κ1) is 11.1. The molecule has 0 unspecified atom stereocenters. The molecule has 16 heavy (non-hydrogen) atoms. The molecule has 0 heterocycles. The summed E-state index contributed by atoms with van der Waals surface area (Å²) in [6.45, 7) is 4.36. The standard InChI is InChI=1S/C14H13OSi/c1-2-5-11-8-9-12-6-3-4-7-13(12)14(11)10-15-16/h2-4,6-9H,1,5,10H2. The number of hydrogen-bond donors (Lipinski definition) is 0. The Bertz CT molecular complexity index is 505. The summed E-state index contributed by atoms with van der Waals surface area (Å²) in [6.07, 6.45) is 2.79. The predicted molar refractivity (Wildman–Crippen MR) is 68.4 cm³/mol. The highest BCUT2D eigenvalue weighted by atomic mass is 28.2. The summed E-state index contributed by atoms with van der Waals surface area (Å²) in [5.74, 6) is 0. The van der Waals surface area contributed by atoms with Crippen molar-refractivity contribution in [2.45, 2.75) is 13.0 Å². The summed E-state index contributed by atoms with van der Waals surface area (Å²) in [6, 6.07) is 12.6. The average Bonchev–Trinajstić information content (AvgIpc) is 2.32. The van der Waals surface area contributed by atoms with Crippen LogP contribution in [0.5, 0.6) is 0 Å². The van der Waals surface area contributed by atoms with E-state index < -0.39 is 0 Å².